The van der Waals surface area contributed by atoms with E-state index in [0.29, 0.717) is 34.2 Å². The zero-order chi connectivity index (χ0) is 23.9. The molecule has 4 bridgehead atoms. The fourth-order valence-electron chi connectivity index (χ4n) is 4.73. The number of rotatable bonds is 2. The van der Waals surface area contributed by atoms with Crippen LogP contribution >= 0.6 is 0 Å². The van der Waals surface area contributed by atoms with Crippen LogP contribution in [0.3, 0.4) is 0 Å². The van der Waals surface area contributed by atoms with Gasteiger partial charge in [-0.1, -0.05) is 6.07 Å². The highest BCUT2D eigenvalue weighted by Crippen LogP contribution is 2.28. The van der Waals surface area contributed by atoms with Crippen molar-refractivity contribution in [2.24, 2.45) is 0 Å². The summed E-state index contributed by atoms with van der Waals surface area (Å²) >= 11 is 0. The molecule has 0 spiro atoms. The molecule has 0 radical (unpaired) electrons. The van der Waals surface area contributed by atoms with Gasteiger partial charge >= 0.3 is 6.03 Å². The van der Waals surface area contributed by atoms with Crippen molar-refractivity contribution in [3.8, 4) is 5.82 Å². The van der Waals surface area contributed by atoms with Crippen molar-refractivity contribution in [3.05, 3.63) is 65.0 Å². The number of hydrogen-bond donors (Lipinski definition) is 3. The largest absolute Gasteiger partial charge is 0.386 e. The smallest absolute Gasteiger partial charge is 0.328 e. The van der Waals surface area contributed by atoms with Crippen molar-refractivity contribution in [3.63, 3.8) is 0 Å². The van der Waals surface area contributed by atoms with Crippen molar-refractivity contribution in [2.75, 3.05) is 17.7 Å². The molecule has 2 atom stereocenters. The highest BCUT2D eigenvalue weighted by atomic mass is 16.5. The van der Waals surface area contributed by atoms with Gasteiger partial charge in [-0.2, -0.15) is 0 Å². The maximum atomic E-state index is 13.4. The Morgan fingerprint density at radius 3 is 2.89 bits per heavy atom. The van der Waals surface area contributed by atoms with Gasteiger partial charge in [-0.25, -0.2) is 24.3 Å². The molecule has 6 rings (SSSR count). The number of aromatic nitrogens is 5. The minimum atomic E-state index is -0.312. The number of carbonyl (C=O) groups excluding carboxylic acids is 1. The second-order valence-electron chi connectivity index (χ2n) is 8.68. The third-order valence-corrected chi connectivity index (χ3v) is 6.45. The third-order valence-electron chi connectivity index (χ3n) is 6.45. The monoisotopic (exact) mass is 472 g/mol. The number of carbonyl (C=O) groups is 1. The minimum absolute atomic E-state index is 0.130. The molecule has 1 aliphatic carbocycles. The molecule has 1 amide bonds. The molecule has 178 valence electrons. The molecule has 11 nitrogen and oxygen atoms in total. The van der Waals surface area contributed by atoms with E-state index >= 15 is 0 Å². The van der Waals surface area contributed by atoms with E-state index in [1.807, 2.05) is 6.07 Å². The van der Waals surface area contributed by atoms with E-state index in [2.05, 4.69) is 30.9 Å². The topological polar surface area (TPSA) is 128 Å². The average Bonchev–Trinajstić information content (AvgIpc) is 3.50. The van der Waals surface area contributed by atoms with Gasteiger partial charge in [0.25, 0.3) is 5.56 Å². The number of pyridine rings is 3. The van der Waals surface area contributed by atoms with Crippen LogP contribution in [0.1, 0.15) is 24.8 Å². The molecule has 3 N–H and O–H groups in total. The van der Waals surface area contributed by atoms with Crippen LogP contribution in [-0.4, -0.2) is 49.3 Å². The summed E-state index contributed by atoms with van der Waals surface area (Å²) in [5.74, 6) is 0.905. The second-order valence-corrected chi connectivity index (χ2v) is 8.68. The first-order chi connectivity index (χ1) is 17.1. The number of nitrogens with zero attached hydrogens (tertiary/aromatic N) is 5. The Hall–Kier alpha value is -4.25. The zero-order valence-electron chi connectivity index (χ0n) is 19.1. The van der Waals surface area contributed by atoms with Gasteiger partial charge < -0.3 is 20.7 Å². The predicted molar refractivity (Wildman–Crippen MR) is 130 cm³/mol. The molecular weight excluding hydrogens is 448 g/mol. The van der Waals surface area contributed by atoms with E-state index < -0.39 is 0 Å². The first kappa shape index (κ1) is 21.3. The van der Waals surface area contributed by atoms with Crippen LogP contribution in [0, 0.1) is 0 Å². The van der Waals surface area contributed by atoms with Gasteiger partial charge in [0.05, 0.1) is 24.4 Å². The average molecular weight is 473 g/mol. The lowest BCUT2D eigenvalue weighted by Gasteiger charge is -2.22. The lowest BCUT2D eigenvalue weighted by molar-refractivity contribution is 0.0299. The first-order valence-corrected chi connectivity index (χ1v) is 11.5. The van der Waals surface area contributed by atoms with Crippen molar-refractivity contribution >= 4 is 34.4 Å². The number of hydrogen-bond acceptors (Lipinski definition) is 8. The molecule has 0 unspecified atom stereocenters. The Labute approximate surface area is 200 Å². The fourth-order valence-corrected chi connectivity index (χ4v) is 4.73. The van der Waals surface area contributed by atoms with Crippen LogP contribution in [0.5, 0.6) is 0 Å². The van der Waals surface area contributed by atoms with Gasteiger partial charge in [-0.15, -0.1) is 0 Å². The second kappa shape index (κ2) is 8.51. The SMILES string of the molecule is CNc1cc2nc3c1ncn3C(=O)N[C@@H]1CCC[C@H]1OCc1cc(c(=O)n(-c3ccccn3)c1)N2. The lowest BCUT2D eigenvalue weighted by atomic mass is 10.2. The van der Waals surface area contributed by atoms with Crippen LogP contribution in [-0.2, 0) is 11.3 Å². The molecule has 11 heteroatoms. The molecule has 1 fully saturated rings. The maximum Gasteiger partial charge on any atom is 0.328 e. The van der Waals surface area contributed by atoms with Gasteiger partial charge in [0.1, 0.15) is 29.2 Å². The summed E-state index contributed by atoms with van der Waals surface area (Å²) in [5.41, 5.74) is 2.45. The lowest BCUT2D eigenvalue weighted by Crippen LogP contribution is -2.43. The molecule has 0 saturated heterocycles. The quantitative estimate of drug-likeness (QED) is 0.406. The zero-order valence-corrected chi connectivity index (χ0v) is 19.1. The minimum Gasteiger partial charge on any atom is -0.386 e. The van der Waals surface area contributed by atoms with E-state index in [4.69, 9.17) is 4.74 Å². The van der Waals surface area contributed by atoms with Gasteiger partial charge in [0, 0.05) is 25.5 Å². The van der Waals surface area contributed by atoms with E-state index in [1.165, 1.54) is 15.5 Å². The van der Waals surface area contributed by atoms with Crippen LogP contribution in [0.15, 0.2) is 53.8 Å². The van der Waals surface area contributed by atoms with E-state index in [1.54, 1.807) is 43.7 Å². The molecule has 1 aliphatic heterocycles. The van der Waals surface area contributed by atoms with Gasteiger partial charge in [-0.3, -0.25) is 9.36 Å². The number of fused-ring (bicyclic) bond motifs is 4. The summed E-state index contributed by atoms with van der Waals surface area (Å²) in [6.45, 7) is 0.281. The van der Waals surface area contributed by atoms with Gasteiger partial charge in [-0.05, 0) is 43.0 Å². The number of nitrogens with one attached hydrogen (secondary N) is 3. The summed E-state index contributed by atoms with van der Waals surface area (Å²) in [7, 11) is 1.77. The Balaban J connectivity index is 1.54. The number of amides is 1. The Bertz CT molecular complexity index is 1480. The standard InChI is InChI=1S/C24H24N8O3/c1-25-16-10-19-28-17-9-14(11-31(23(17)33)20-7-2-3-8-26-20)12-35-18-6-4-5-15(18)29-24(34)32-13-27-21(16)22(32)30-19/h2-3,7-11,13,15,18H,4-6,12H2,1H3,(H,29,34)(H2,25,28,30)/t15-,18-/m1/s1. The van der Waals surface area contributed by atoms with Crippen molar-refractivity contribution in [1.82, 2.24) is 29.4 Å². The van der Waals surface area contributed by atoms with E-state index in [0.717, 1.165) is 24.8 Å². The third kappa shape index (κ3) is 3.79. The summed E-state index contributed by atoms with van der Waals surface area (Å²) in [5, 5.41) is 9.34. The summed E-state index contributed by atoms with van der Waals surface area (Å²) in [6, 6.07) is 8.50. The van der Waals surface area contributed by atoms with E-state index in [-0.39, 0.29) is 30.3 Å². The van der Waals surface area contributed by atoms with Crippen LogP contribution in [0.25, 0.3) is 17.0 Å². The molecule has 35 heavy (non-hydrogen) atoms. The number of imidazole rings is 1. The van der Waals surface area contributed by atoms with Gasteiger partial charge in [0.15, 0.2) is 5.65 Å². The molecule has 0 aromatic carbocycles. The number of anilines is 3. The molecule has 5 heterocycles. The number of ether oxygens (including phenoxy) is 1. The predicted octanol–water partition coefficient (Wildman–Crippen LogP) is 2.77. The molecule has 1 saturated carbocycles. The Morgan fingerprint density at radius 1 is 1.14 bits per heavy atom. The molecule has 4 aromatic heterocycles. The van der Waals surface area contributed by atoms with Crippen LogP contribution in [0.4, 0.5) is 22.0 Å². The summed E-state index contributed by atoms with van der Waals surface area (Å²) < 4.78 is 9.14. The van der Waals surface area contributed by atoms with Crippen LogP contribution < -0.4 is 21.5 Å². The van der Waals surface area contributed by atoms with E-state index in [9.17, 15) is 9.59 Å². The van der Waals surface area contributed by atoms with Crippen molar-refractivity contribution in [2.45, 2.75) is 38.0 Å². The normalized spacial score (nSPS) is 19.6. The van der Waals surface area contributed by atoms with Gasteiger partial charge in [0.2, 0.25) is 0 Å². The molecular formula is C24H24N8O3. The fraction of sp³-hybridized carbons (Fsp3) is 0.292. The first-order valence-electron chi connectivity index (χ1n) is 11.5. The van der Waals surface area contributed by atoms with Crippen molar-refractivity contribution < 1.29 is 9.53 Å². The van der Waals surface area contributed by atoms with Crippen molar-refractivity contribution in [1.29, 1.82) is 0 Å². The van der Waals surface area contributed by atoms with Crippen LogP contribution in [0.2, 0.25) is 0 Å². The Morgan fingerprint density at radius 2 is 2.06 bits per heavy atom. The molecule has 4 aromatic rings. The maximum absolute atomic E-state index is 13.4. The molecule has 2 aliphatic rings. The summed E-state index contributed by atoms with van der Waals surface area (Å²) in [6.07, 6.45) is 7.33. The highest BCUT2D eigenvalue weighted by molar-refractivity contribution is 5.94. The summed E-state index contributed by atoms with van der Waals surface area (Å²) in [4.78, 5) is 40.0. The Kier molecular flexibility index (Phi) is 5.18. The highest BCUT2D eigenvalue weighted by Gasteiger charge is 2.31.